The lowest BCUT2D eigenvalue weighted by molar-refractivity contribution is -0.167. The van der Waals surface area contributed by atoms with E-state index in [1.807, 2.05) is 0 Å². The highest BCUT2D eigenvalue weighted by atomic mass is 16.6. The third-order valence-corrected chi connectivity index (χ3v) is 11.9. The maximum atomic E-state index is 12.8. The minimum atomic E-state index is -0.774. The van der Waals surface area contributed by atoms with Crippen molar-refractivity contribution in [2.24, 2.45) is 0 Å². The molecule has 0 saturated carbocycles. The first-order valence-corrected chi connectivity index (χ1v) is 26.8. The van der Waals surface area contributed by atoms with Crippen LogP contribution in [0.25, 0.3) is 0 Å². The normalized spacial score (nSPS) is 12.1. The number of carbonyl (C=O) groups excluding carboxylic acids is 3. The van der Waals surface area contributed by atoms with Crippen LogP contribution in [0.3, 0.4) is 0 Å². The summed E-state index contributed by atoms with van der Waals surface area (Å²) in [4.78, 5) is 38.0. The topological polar surface area (TPSA) is 78.9 Å². The summed E-state index contributed by atoms with van der Waals surface area (Å²) in [5, 5.41) is 0. The van der Waals surface area contributed by atoms with Gasteiger partial charge in [0.2, 0.25) is 0 Å². The van der Waals surface area contributed by atoms with Gasteiger partial charge in [0, 0.05) is 19.3 Å². The van der Waals surface area contributed by atoms with Crippen molar-refractivity contribution < 1.29 is 28.6 Å². The summed E-state index contributed by atoms with van der Waals surface area (Å²) in [5.41, 5.74) is 0. The van der Waals surface area contributed by atoms with E-state index in [0.29, 0.717) is 19.3 Å². The van der Waals surface area contributed by atoms with Crippen molar-refractivity contribution >= 4 is 17.9 Å². The van der Waals surface area contributed by atoms with Crippen LogP contribution in [-0.4, -0.2) is 37.2 Å². The maximum Gasteiger partial charge on any atom is 0.306 e. The van der Waals surface area contributed by atoms with E-state index in [-0.39, 0.29) is 31.1 Å². The lowest BCUT2D eigenvalue weighted by atomic mass is 10.0. The van der Waals surface area contributed by atoms with Crippen molar-refractivity contribution in [3.05, 3.63) is 24.3 Å². The number of allylic oxidation sites excluding steroid dienone is 4. The van der Waals surface area contributed by atoms with Gasteiger partial charge in [0.1, 0.15) is 13.2 Å². The highest BCUT2D eigenvalue weighted by molar-refractivity contribution is 5.71. The molecule has 6 heteroatoms. The molecule has 0 rings (SSSR count). The number of hydrogen-bond donors (Lipinski definition) is 0. The van der Waals surface area contributed by atoms with Gasteiger partial charge < -0.3 is 14.2 Å². The van der Waals surface area contributed by atoms with Crippen LogP contribution in [0.1, 0.15) is 290 Å². The Morgan fingerprint density at radius 3 is 0.836 bits per heavy atom. The van der Waals surface area contributed by atoms with E-state index in [1.54, 1.807) is 0 Å². The maximum absolute atomic E-state index is 12.8. The van der Waals surface area contributed by atoms with Crippen molar-refractivity contribution in [2.45, 2.75) is 297 Å². The molecule has 61 heavy (non-hydrogen) atoms. The van der Waals surface area contributed by atoms with Gasteiger partial charge in [0.25, 0.3) is 0 Å². The van der Waals surface area contributed by atoms with Gasteiger partial charge in [-0.05, 0) is 70.6 Å². The van der Waals surface area contributed by atoms with E-state index >= 15 is 0 Å². The molecule has 6 nitrogen and oxygen atoms in total. The third kappa shape index (κ3) is 48.8. The number of rotatable bonds is 49. The van der Waals surface area contributed by atoms with Gasteiger partial charge in [-0.15, -0.1) is 0 Å². The van der Waals surface area contributed by atoms with Crippen LogP contribution in [-0.2, 0) is 28.6 Å². The molecule has 0 unspecified atom stereocenters. The molecule has 0 aliphatic carbocycles. The summed E-state index contributed by atoms with van der Waals surface area (Å²) in [5.74, 6) is -0.876. The minimum Gasteiger partial charge on any atom is -0.462 e. The Hall–Kier alpha value is -2.11. The van der Waals surface area contributed by atoms with E-state index in [1.165, 1.54) is 180 Å². The molecule has 0 radical (unpaired) electrons. The van der Waals surface area contributed by atoms with Crippen molar-refractivity contribution in [1.29, 1.82) is 0 Å². The van der Waals surface area contributed by atoms with E-state index < -0.39 is 6.10 Å². The first kappa shape index (κ1) is 58.9. The van der Waals surface area contributed by atoms with Gasteiger partial charge in [-0.25, -0.2) is 0 Å². The van der Waals surface area contributed by atoms with Gasteiger partial charge >= 0.3 is 17.9 Å². The largest absolute Gasteiger partial charge is 0.462 e. The fourth-order valence-corrected chi connectivity index (χ4v) is 7.84. The smallest absolute Gasteiger partial charge is 0.306 e. The average molecular weight is 859 g/mol. The molecule has 1 atom stereocenters. The summed E-state index contributed by atoms with van der Waals surface area (Å²) in [6, 6.07) is 0. The number of ether oxygens (including phenoxy) is 3. The van der Waals surface area contributed by atoms with Gasteiger partial charge in [-0.2, -0.15) is 0 Å². The van der Waals surface area contributed by atoms with Crippen LogP contribution in [0.4, 0.5) is 0 Å². The standard InChI is InChI=1S/C55H102O6/c1-4-7-10-13-16-19-22-25-27-28-31-33-36-39-42-45-48-54(57)60-51-52(50-59-53(56)47-44-41-38-35-32-29-24-21-18-15-12-9-6-3)61-55(58)49-46-43-40-37-34-30-26-23-20-17-14-11-8-5-2/h21,23-24,26,52H,4-20,22,25,27-51H2,1-3H3/b24-21-,26-23-/t52-/m1/s1. The van der Waals surface area contributed by atoms with Gasteiger partial charge in [0.15, 0.2) is 6.10 Å². The monoisotopic (exact) mass is 859 g/mol. The highest BCUT2D eigenvalue weighted by Crippen LogP contribution is 2.16. The van der Waals surface area contributed by atoms with Crippen molar-refractivity contribution in [3.8, 4) is 0 Å². The second-order valence-electron chi connectivity index (χ2n) is 18.1. The predicted octanol–water partition coefficient (Wildman–Crippen LogP) is 17.5. The van der Waals surface area contributed by atoms with Gasteiger partial charge in [-0.3, -0.25) is 14.4 Å². The zero-order valence-electron chi connectivity index (χ0n) is 40.9. The Bertz CT molecular complexity index is 989. The summed E-state index contributed by atoms with van der Waals surface area (Å²) >= 11 is 0. The number of esters is 3. The Labute approximate surface area is 379 Å². The van der Waals surface area contributed by atoms with Crippen LogP contribution in [0.5, 0.6) is 0 Å². The fourth-order valence-electron chi connectivity index (χ4n) is 7.84. The first-order chi connectivity index (χ1) is 30.0. The quantitative estimate of drug-likeness (QED) is 0.0262. The zero-order valence-corrected chi connectivity index (χ0v) is 40.9. The molecule has 0 saturated heterocycles. The van der Waals surface area contributed by atoms with Crippen molar-refractivity contribution in [2.75, 3.05) is 13.2 Å². The molecule has 358 valence electrons. The predicted molar refractivity (Wildman–Crippen MR) is 261 cm³/mol. The molecule has 0 aromatic heterocycles. The fraction of sp³-hybridized carbons (Fsp3) is 0.873. The van der Waals surface area contributed by atoms with Crippen LogP contribution in [0.15, 0.2) is 24.3 Å². The first-order valence-electron chi connectivity index (χ1n) is 26.8. The molecule has 0 heterocycles. The average Bonchev–Trinajstić information content (AvgIpc) is 3.26. The molecular weight excluding hydrogens is 757 g/mol. The molecule has 0 amide bonds. The third-order valence-electron chi connectivity index (χ3n) is 11.9. The zero-order chi connectivity index (χ0) is 44.4. The van der Waals surface area contributed by atoms with E-state index in [9.17, 15) is 14.4 Å². The molecule has 0 aliphatic rings. The molecule has 0 spiro atoms. The number of hydrogen-bond acceptors (Lipinski definition) is 6. The van der Waals surface area contributed by atoms with Crippen LogP contribution >= 0.6 is 0 Å². The Morgan fingerprint density at radius 2 is 0.541 bits per heavy atom. The molecular formula is C55H102O6. The summed E-state index contributed by atoms with van der Waals surface area (Å²) in [6.07, 6.45) is 57.3. The number of carbonyl (C=O) groups is 3. The van der Waals surface area contributed by atoms with Crippen LogP contribution in [0.2, 0.25) is 0 Å². The molecule has 0 N–H and O–H groups in total. The van der Waals surface area contributed by atoms with Crippen molar-refractivity contribution in [3.63, 3.8) is 0 Å². The SMILES string of the molecule is CCCCCC/C=C\CCCCCCCC(=O)OC[C@H](COC(=O)CCCCCCCCCCCCCCCCCC)OC(=O)CCCCCCC/C=C\CCCCCCC. The molecule has 0 aliphatic heterocycles. The van der Waals surface area contributed by atoms with E-state index in [2.05, 4.69) is 45.1 Å². The Morgan fingerprint density at radius 1 is 0.311 bits per heavy atom. The summed E-state index contributed by atoms with van der Waals surface area (Å²) < 4.78 is 16.8. The Balaban J connectivity index is 4.35. The summed E-state index contributed by atoms with van der Waals surface area (Å²) in [7, 11) is 0. The van der Waals surface area contributed by atoms with E-state index in [4.69, 9.17) is 14.2 Å². The van der Waals surface area contributed by atoms with Gasteiger partial charge in [0.05, 0.1) is 0 Å². The second-order valence-corrected chi connectivity index (χ2v) is 18.1. The molecule has 0 bridgehead atoms. The van der Waals surface area contributed by atoms with Crippen LogP contribution in [0, 0.1) is 0 Å². The van der Waals surface area contributed by atoms with Crippen LogP contribution < -0.4 is 0 Å². The van der Waals surface area contributed by atoms with E-state index in [0.717, 1.165) is 70.6 Å². The summed E-state index contributed by atoms with van der Waals surface area (Å²) in [6.45, 7) is 6.63. The molecule has 0 aromatic rings. The second kappa shape index (κ2) is 50.5. The molecule has 0 fully saturated rings. The Kier molecular flexibility index (Phi) is 48.8. The van der Waals surface area contributed by atoms with Gasteiger partial charge in [-0.1, -0.05) is 225 Å². The lowest BCUT2D eigenvalue weighted by Crippen LogP contribution is -2.30. The highest BCUT2D eigenvalue weighted by Gasteiger charge is 2.19. The minimum absolute atomic E-state index is 0.0733. The number of unbranched alkanes of at least 4 members (excludes halogenated alkanes) is 34. The lowest BCUT2D eigenvalue weighted by Gasteiger charge is -2.18. The molecule has 0 aromatic carbocycles. The van der Waals surface area contributed by atoms with Crippen molar-refractivity contribution in [1.82, 2.24) is 0 Å².